The molecule has 0 spiro atoms. The van der Waals surface area contributed by atoms with Crippen LogP contribution in [-0.4, -0.2) is 39.7 Å². The molecule has 9 nitrogen and oxygen atoms in total. The van der Waals surface area contributed by atoms with Gasteiger partial charge in [0.25, 0.3) is 0 Å². The molecule has 0 aromatic heterocycles. The summed E-state index contributed by atoms with van der Waals surface area (Å²) in [4.78, 5) is 22.6. The minimum Gasteiger partial charge on any atom is -0.427 e. The highest BCUT2D eigenvalue weighted by Gasteiger charge is 2.12. The molecule has 0 saturated carbocycles. The van der Waals surface area contributed by atoms with Crippen LogP contribution in [0.2, 0.25) is 0 Å². The topological polar surface area (TPSA) is 147 Å². The molecule has 2 N–H and O–H groups in total. The number of hydrogen-bond donors (Lipinski definition) is 1. The van der Waals surface area contributed by atoms with Gasteiger partial charge in [-0.15, -0.1) is 0 Å². The Balaban J connectivity index is 0.000000259. The van der Waals surface area contributed by atoms with E-state index in [0.29, 0.717) is 34.3 Å². The number of halogens is 1. The van der Waals surface area contributed by atoms with Crippen molar-refractivity contribution in [1.82, 2.24) is 0 Å². The zero-order chi connectivity index (χ0) is 33.3. The molecule has 0 aliphatic rings. The fraction of sp³-hybridized carbons (Fsp3) is 0.212. The van der Waals surface area contributed by atoms with Crippen molar-refractivity contribution in [2.75, 3.05) is 11.5 Å². The second-order valence-corrected chi connectivity index (χ2v) is 14.1. The summed E-state index contributed by atoms with van der Waals surface area (Å²) in [6.07, 6.45) is 0.757. The average molecular weight is 674 g/mol. The standard InChI is InChI=1S/C17H18O4S.C9H13NO2S.C7H5ClO2/c1-2-22(19,20)16-11-8-14(9-12-16)10-13-17(18)21-15-6-4-3-5-7-15;1-2-13(11,12)9-5-3-8(7-10)4-6-9;8-7(9)10-6-4-2-1-3-5-6/h3-9,11-12H,2,10,13H2,1H3;3-6H,2,7,10H2,1H3;1-5H. The van der Waals surface area contributed by atoms with Gasteiger partial charge < -0.3 is 15.2 Å². The van der Waals surface area contributed by atoms with Crippen LogP contribution < -0.4 is 15.2 Å². The van der Waals surface area contributed by atoms with Gasteiger partial charge in [-0.25, -0.2) is 21.6 Å². The van der Waals surface area contributed by atoms with Crippen molar-refractivity contribution in [2.45, 2.75) is 43.0 Å². The molecule has 240 valence electrons. The third kappa shape index (κ3) is 13.7. The van der Waals surface area contributed by atoms with Gasteiger partial charge in [-0.3, -0.25) is 4.79 Å². The molecule has 0 amide bonds. The zero-order valence-corrected chi connectivity index (χ0v) is 27.4. The number of benzene rings is 4. The number of ether oxygens (including phenoxy) is 2. The molecule has 0 saturated heterocycles. The first-order valence-electron chi connectivity index (χ1n) is 13.9. The summed E-state index contributed by atoms with van der Waals surface area (Å²) in [5, 5.41) is 0. The summed E-state index contributed by atoms with van der Waals surface area (Å²) >= 11 is 4.95. The van der Waals surface area contributed by atoms with Gasteiger partial charge in [0.1, 0.15) is 11.5 Å². The Bertz CT molecular complexity index is 1700. The first kappa shape index (κ1) is 37.2. The van der Waals surface area contributed by atoms with Gasteiger partial charge in [0.05, 0.1) is 21.3 Å². The highest BCUT2D eigenvalue weighted by atomic mass is 35.5. The van der Waals surface area contributed by atoms with E-state index in [1.54, 1.807) is 111 Å². The maximum absolute atomic E-state index is 11.7. The van der Waals surface area contributed by atoms with Crippen LogP contribution in [-0.2, 0) is 37.4 Å². The molecule has 12 heteroatoms. The molecular formula is C33H36ClNO8S2. The highest BCUT2D eigenvalue weighted by Crippen LogP contribution is 2.15. The molecule has 0 fully saturated rings. The number of rotatable bonds is 10. The second kappa shape index (κ2) is 18.7. The zero-order valence-electron chi connectivity index (χ0n) is 25.0. The molecule has 0 bridgehead atoms. The van der Waals surface area contributed by atoms with Crippen LogP contribution in [0.15, 0.2) is 119 Å². The van der Waals surface area contributed by atoms with Gasteiger partial charge in [0.15, 0.2) is 19.7 Å². The molecular weight excluding hydrogens is 638 g/mol. The number of carbonyl (C=O) groups excluding carboxylic acids is 2. The van der Waals surface area contributed by atoms with Crippen molar-refractivity contribution in [3.8, 4) is 11.5 Å². The molecule has 0 atom stereocenters. The fourth-order valence-corrected chi connectivity index (χ4v) is 5.39. The predicted octanol–water partition coefficient (Wildman–Crippen LogP) is 6.38. The lowest BCUT2D eigenvalue weighted by molar-refractivity contribution is -0.134. The fourth-order valence-electron chi connectivity index (χ4n) is 3.53. The normalized spacial score (nSPS) is 10.8. The lowest BCUT2D eigenvalue weighted by Crippen LogP contribution is -2.09. The number of nitrogens with two attached hydrogens (primary N) is 1. The van der Waals surface area contributed by atoms with Crippen molar-refractivity contribution in [3.63, 3.8) is 0 Å². The van der Waals surface area contributed by atoms with Crippen molar-refractivity contribution < 1.29 is 35.9 Å². The van der Waals surface area contributed by atoms with E-state index in [9.17, 15) is 26.4 Å². The molecule has 0 aliphatic carbocycles. The van der Waals surface area contributed by atoms with Crippen LogP contribution in [0.25, 0.3) is 0 Å². The smallest absolute Gasteiger partial charge is 0.409 e. The minimum atomic E-state index is -3.18. The van der Waals surface area contributed by atoms with E-state index >= 15 is 0 Å². The van der Waals surface area contributed by atoms with E-state index in [1.165, 1.54) is 0 Å². The molecule has 4 aromatic carbocycles. The molecule has 4 aromatic rings. The van der Waals surface area contributed by atoms with Crippen LogP contribution >= 0.6 is 11.6 Å². The van der Waals surface area contributed by atoms with Gasteiger partial charge >= 0.3 is 11.4 Å². The maximum Gasteiger partial charge on any atom is 0.409 e. The van der Waals surface area contributed by atoms with E-state index in [4.69, 9.17) is 22.1 Å². The van der Waals surface area contributed by atoms with Crippen LogP contribution in [0.4, 0.5) is 4.79 Å². The first-order valence-corrected chi connectivity index (χ1v) is 17.6. The minimum absolute atomic E-state index is 0.0791. The summed E-state index contributed by atoms with van der Waals surface area (Å²) in [5.74, 6) is 0.890. The number of carbonyl (C=O) groups is 2. The van der Waals surface area contributed by atoms with Crippen molar-refractivity contribution in [1.29, 1.82) is 0 Å². The van der Waals surface area contributed by atoms with Crippen molar-refractivity contribution in [3.05, 3.63) is 120 Å². The average Bonchev–Trinajstić information content (AvgIpc) is 3.05. The maximum atomic E-state index is 11.7. The van der Waals surface area contributed by atoms with E-state index in [2.05, 4.69) is 4.74 Å². The Morgan fingerprint density at radius 2 is 1.02 bits per heavy atom. The van der Waals surface area contributed by atoms with E-state index < -0.39 is 25.1 Å². The molecule has 0 unspecified atom stereocenters. The molecule has 0 heterocycles. The first-order chi connectivity index (χ1) is 21.4. The van der Waals surface area contributed by atoms with Crippen molar-refractivity contribution >= 4 is 42.7 Å². The highest BCUT2D eigenvalue weighted by molar-refractivity contribution is 7.91. The summed E-state index contributed by atoms with van der Waals surface area (Å²) in [6.45, 7) is 3.68. The lowest BCUT2D eigenvalue weighted by Gasteiger charge is -2.05. The number of para-hydroxylation sites is 2. The Morgan fingerprint density at radius 3 is 1.40 bits per heavy atom. The summed E-state index contributed by atoms with van der Waals surface area (Å²) in [7, 11) is -6.24. The monoisotopic (exact) mass is 673 g/mol. The molecule has 4 rings (SSSR count). The quantitative estimate of drug-likeness (QED) is 0.115. The van der Waals surface area contributed by atoms with Crippen molar-refractivity contribution in [2.24, 2.45) is 5.73 Å². The largest absolute Gasteiger partial charge is 0.427 e. The van der Waals surface area contributed by atoms with Gasteiger partial charge in [0.2, 0.25) is 0 Å². The van der Waals surface area contributed by atoms with Crippen LogP contribution in [0, 0.1) is 0 Å². The van der Waals surface area contributed by atoms with E-state index in [1.807, 2.05) is 12.1 Å². The number of aryl methyl sites for hydroxylation is 1. The Morgan fingerprint density at radius 1 is 0.622 bits per heavy atom. The van der Waals surface area contributed by atoms with Crippen LogP contribution in [0.5, 0.6) is 11.5 Å². The molecule has 45 heavy (non-hydrogen) atoms. The molecule has 0 aliphatic heterocycles. The Labute approximate surface area is 269 Å². The van der Waals surface area contributed by atoms with Gasteiger partial charge in [-0.1, -0.05) is 74.5 Å². The van der Waals surface area contributed by atoms with Crippen LogP contribution in [0.1, 0.15) is 31.4 Å². The third-order valence-electron chi connectivity index (χ3n) is 6.09. The third-order valence-corrected chi connectivity index (χ3v) is 9.67. The molecule has 0 radical (unpaired) electrons. The predicted molar refractivity (Wildman–Crippen MR) is 175 cm³/mol. The summed E-state index contributed by atoms with van der Waals surface area (Å²) in [6, 6.07) is 30.9. The van der Waals surface area contributed by atoms with Gasteiger partial charge in [-0.05, 0) is 66.1 Å². The number of hydrogen-bond acceptors (Lipinski definition) is 9. The lowest BCUT2D eigenvalue weighted by atomic mass is 10.1. The van der Waals surface area contributed by atoms with E-state index in [-0.39, 0.29) is 23.9 Å². The summed E-state index contributed by atoms with van der Waals surface area (Å²) < 4.78 is 55.9. The second-order valence-electron chi connectivity index (χ2n) is 9.24. The van der Waals surface area contributed by atoms with E-state index in [0.717, 1.165) is 11.1 Å². The van der Waals surface area contributed by atoms with Gasteiger partial charge in [-0.2, -0.15) is 0 Å². The van der Waals surface area contributed by atoms with Crippen LogP contribution in [0.3, 0.4) is 0 Å². The number of sulfone groups is 2. The van der Waals surface area contributed by atoms with Gasteiger partial charge in [0, 0.05) is 24.6 Å². The SMILES string of the molecule is CCS(=O)(=O)c1ccc(CCC(=O)Oc2ccccc2)cc1.CCS(=O)(=O)c1ccc(CN)cc1.O=C(Cl)Oc1ccccc1. The Kier molecular flexibility index (Phi) is 15.4. The summed E-state index contributed by atoms with van der Waals surface area (Å²) in [5.41, 5.74) is 6.42. The number of esters is 1. The Hall–Kier alpha value is -4.03.